The van der Waals surface area contributed by atoms with Crippen LogP contribution in [0.2, 0.25) is 0 Å². The van der Waals surface area contributed by atoms with Gasteiger partial charge in [-0.25, -0.2) is 4.79 Å². The molecule has 0 aromatic heterocycles. The van der Waals surface area contributed by atoms with Crippen LogP contribution in [0.15, 0.2) is 12.2 Å². The normalized spacial score (nSPS) is 22.1. The smallest absolute Gasteiger partial charge is 0.332 e. The van der Waals surface area contributed by atoms with Gasteiger partial charge in [0.2, 0.25) is 0 Å². The molecule has 4 saturated carbocycles. The van der Waals surface area contributed by atoms with Crippen molar-refractivity contribution in [1.29, 1.82) is 0 Å². The molecule has 1 unspecified atom stereocenters. The number of hydrogen-bond acceptors (Lipinski definition) is 6. The first-order valence-corrected chi connectivity index (χ1v) is 20.3. The van der Waals surface area contributed by atoms with Gasteiger partial charge in [-0.2, -0.15) is 0 Å². The zero-order valence-electron chi connectivity index (χ0n) is 29.8. The number of carbonyl (C=O) groups is 2. The van der Waals surface area contributed by atoms with Crippen molar-refractivity contribution in [2.45, 2.75) is 224 Å². The highest BCUT2D eigenvalue weighted by atomic mass is 16.7. The Morgan fingerprint density at radius 1 is 0.565 bits per heavy atom. The van der Waals surface area contributed by atoms with Crippen molar-refractivity contribution < 1.29 is 19.3 Å². The highest BCUT2D eigenvalue weighted by Crippen LogP contribution is 2.33. The number of unbranched alkanes of at least 4 members (excludes halogenated alkanes) is 8. The topological polar surface area (TPSA) is 59.1 Å². The highest BCUT2D eigenvalue weighted by molar-refractivity contribution is 5.81. The number of rotatable bonds is 19. The lowest BCUT2D eigenvalue weighted by molar-refractivity contribution is -0.231. The minimum absolute atomic E-state index is 0.0614. The van der Waals surface area contributed by atoms with Crippen LogP contribution in [0.5, 0.6) is 0 Å². The van der Waals surface area contributed by atoms with Crippen molar-refractivity contribution >= 4 is 11.9 Å². The predicted octanol–water partition coefficient (Wildman–Crippen LogP) is 10.9. The maximum atomic E-state index is 14.0. The molecule has 4 aliphatic carbocycles. The zero-order valence-corrected chi connectivity index (χ0v) is 29.8. The number of carbonyl (C=O) groups excluding carboxylic acids is 2. The molecule has 0 spiro atoms. The molecule has 0 heterocycles. The second-order valence-electron chi connectivity index (χ2n) is 15.3. The van der Waals surface area contributed by atoms with Gasteiger partial charge in [-0.05, 0) is 64.2 Å². The average Bonchev–Trinajstić information content (AvgIpc) is 3.11. The third kappa shape index (κ3) is 13.2. The van der Waals surface area contributed by atoms with Gasteiger partial charge in [-0.1, -0.05) is 141 Å². The summed E-state index contributed by atoms with van der Waals surface area (Å²) < 4.78 is 0. The third-order valence-corrected chi connectivity index (χ3v) is 11.4. The number of hydrogen-bond donors (Lipinski definition) is 0. The Labute approximate surface area is 282 Å². The highest BCUT2D eigenvalue weighted by Gasteiger charge is 2.36. The van der Waals surface area contributed by atoms with Gasteiger partial charge in [0.1, 0.15) is 0 Å². The van der Waals surface area contributed by atoms with Gasteiger partial charge in [0.15, 0.2) is 0 Å². The minimum Gasteiger partial charge on any atom is -0.367 e. The molecule has 6 nitrogen and oxygen atoms in total. The van der Waals surface area contributed by atoms with E-state index in [1.807, 2.05) is 6.08 Å². The first-order valence-electron chi connectivity index (χ1n) is 20.3. The van der Waals surface area contributed by atoms with Crippen molar-refractivity contribution in [2.24, 2.45) is 5.92 Å². The second-order valence-corrected chi connectivity index (χ2v) is 15.3. The van der Waals surface area contributed by atoms with Crippen molar-refractivity contribution in [3.05, 3.63) is 12.2 Å². The van der Waals surface area contributed by atoms with Crippen LogP contribution in [0, 0.1) is 5.92 Å². The van der Waals surface area contributed by atoms with Crippen LogP contribution in [-0.2, 0) is 19.3 Å². The lowest BCUT2D eigenvalue weighted by Crippen LogP contribution is -2.47. The van der Waals surface area contributed by atoms with Gasteiger partial charge in [-0.15, -0.1) is 10.1 Å². The number of allylic oxidation sites excluding steroid dienone is 1. The van der Waals surface area contributed by atoms with Crippen molar-refractivity contribution in [3.8, 4) is 0 Å². The molecule has 0 aliphatic heterocycles. The summed E-state index contributed by atoms with van der Waals surface area (Å²) in [5.41, 5.74) is 0. The lowest BCUT2D eigenvalue weighted by atomic mass is 9.90. The van der Waals surface area contributed by atoms with E-state index < -0.39 is 5.92 Å². The molecule has 0 N–H and O–H groups in total. The molecule has 1 atom stereocenters. The number of hydroxylamine groups is 4. The van der Waals surface area contributed by atoms with Crippen molar-refractivity contribution in [3.63, 3.8) is 0 Å². The standard InChI is InChI=1S/C40H70N2O4/c1-2-3-4-5-6-7-8-9-10-15-24-34(40(44)46-42(37-29-20-13-21-30-37)38-31-22-14-23-32-38)33-39(43)45-41(35-25-16-11-17-26-35)36-27-18-12-19-28-36/h15,24,34-38H,2-14,16-23,25-33H2,1H3. The van der Waals surface area contributed by atoms with E-state index in [9.17, 15) is 9.59 Å². The SMILES string of the molecule is CCCCCCCCCCC=CC(CC(=O)ON(C1CCCCC1)C1CCCCC1)C(=O)ON(C1CCCCC1)C1CCCCC1. The molecule has 4 aliphatic rings. The van der Waals surface area contributed by atoms with Gasteiger partial charge in [0.25, 0.3) is 0 Å². The first kappa shape index (κ1) is 37.4. The fourth-order valence-corrected chi connectivity index (χ4v) is 8.63. The van der Waals surface area contributed by atoms with Gasteiger partial charge in [-0.3, -0.25) is 4.79 Å². The molecule has 46 heavy (non-hydrogen) atoms. The molecule has 6 heteroatoms. The van der Waals surface area contributed by atoms with E-state index in [0.29, 0.717) is 24.2 Å². The Bertz CT molecular complexity index is 817. The minimum atomic E-state index is -0.601. The average molecular weight is 643 g/mol. The Morgan fingerprint density at radius 3 is 1.39 bits per heavy atom. The zero-order chi connectivity index (χ0) is 32.2. The van der Waals surface area contributed by atoms with Gasteiger partial charge >= 0.3 is 11.9 Å². The maximum Gasteiger partial charge on any atom is 0.332 e. The molecule has 0 aromatic carbocycles. The van der Waals surface area contributed by atoms with E-state index in [1.165, 1.54) is 122 Å². The van der Waals surface area contributed by atoms with Gasteiger partial charge in [0.05, 0.1) is 12.3 Å². The summed E-state index contributed by atoms with van der Waals surface area (Å²) in [5, 5.41) is 4.21. The summed E-state index contributed by atoms with van der Waals surface area (Å²) in [7, 11) is 0. The van der Waals surface area contributed by atoms with E-state index in [-0.39, 0.29) is 18.4 Å². The molecule has 4 fully saturated rings. The fraction of sp³-hybridized carbons (Fsp3) is 0.900. The van der Waals surface area contributed by atoms with E-state index in [1.54, 1.807) is 0 Å². The van der Waals surface area contributed by atoms with Crippen LogP contribution in [0.4, 0.5) is 0 Å². The van der Waals surface area contributed by atoms with Crippen molar-refractivity contribution in [2.75, 3.05) is 0 Å². The molecule has 0 radical (unpaired) electrons. The largest absolute Gasteiger partial charge is 0.367 e. The molecule has 0 aromatic rings. The van der Waals surface area contributed by atoms with Crippen LogP contribution in [-0.4, -0.2) is 46.2 Å². The van der Waals surface area contributed by atoms with Crippen LogP contribution in [0.3, 0.4) is 0 Å². The third-order valence-electron chi connectivity index (χ3n) is 11.4. The summed E-state index contributed by atoms with van der Waals surface area (Å²) >= 11 is 0. The lowest BCUT2D eigenvalue weighted by Gasteiger charge is -2.40. The monoisotopic (exact) mass is 643 g/mol. The van der Waals surface area contributed by atoms with Crippen LogP contribution < -0.4 is 0 Å². The predicted molar refractivity (Wildman–Crippen MR) is 188 cm³/mol. The molecule has 4 rings (SSSR count). The quantitative estimate of drug-likeness (QED) is 0.0794. The number of nitrogens with zero attached hydrogens (tertiary/aromatic N) is 2. The van der Waals surface area contributed by atoms with Gasteiger partial charge in [0, 0.05) is 24.2 Å². The van der Waals surface area contributed by atoms with E-state index in [2.05, 4.69) is 23.1 Å². The van der Waals surface area contributed by atoms with Crippen LogP contribution in [0.1, 0.15) is 200 Å². The molecule has 0 bridgehead atoms. The summed E-state index contributed by atoms with van der Waals surface area (Å²) in [5.74, 6) is -1.13. The Hall–Kier alpha value is -1.40. The van der Waals surface area contributed by atoms with Crippen LogP contribution in [0.25, 0.3) is 0 Å². The molecular weight excluding hydrogens is 572 g/mol. The second kappa shape index (κ2) is 22.3. The Morgan fingerprint density at radius 2 is 0.957 bits per heavy atom. The molecule has 264 valence electrons. The fourth-order valence-electron chi connectivity index (χ4n) is 8.63. The van der Waals surface area contributed by atoms with E-state index in [0.717, 1.165) is 64.2 Å². The van der Waals surface area contributed by atoms with Gasteiger partial charge < -0.3 is 9.68 Å². The summed E-state index contributed by atoms with van der Waals surface area (Å²) in [4.78, 5) is 40.4. The van der Waals surface area contributed by atoms with Crippen molar-refractivity contribution in [1.82, 2.24) is 10.1 Å². The molecule has 0 saturated heterocycles. The Balaban J connectivity index is 1.39. The summed E-state index contributed by atoms with van der Waals surface area (Å²) in [6.45, 7) is 2.27. The van der Waals surface area contributed by atoms with Crippen LogP contribution >= 0.6 is 0 Å². The maximum absolute atomic E-state index is 14.0. The molecule has 0 amide bonds. The van der Waals surface area contributed by atoms with E-state index in [4.69, 9.17) is 9.68 Å². The summed E-state index contributed by atoms with van der Waals surface area (Å²) in [6, 6.07) is 1.25. The Kier molecular flexibility index (Phi) is 18.1. The van der Waals surface area contributed by atoms with E-state index >= 15 is 0 Å². The molecular formula is C40H70N2O4. The first-order chi connectivity index (χ1) is 22.7. The summed E-state index contributed by atoms with van der Waals surface area (Å²) in [6.07, 6.45) is 39.0.